The summed E-state index contributed by atoms with van der Waals surface area (Å²) in [5, 5.41) is 9.34. The Balaban J connectivity index is 2.11. The first-order valence-corrected chi connectivity index (χ1v) is 6.79. The SMILES string of the molecule is OCC1CCCCN1Cc1cccc(F)c1Br. The first kappa shape index (κ1) is 13.0. The molecule has 1 heterocycles. The van der Waals surface area contributed by atoms with E-state index in [9.17, 15) is 9.50 Å². The highest BCUT2D eigenvalue weighted by Crippen LogP contribution is 2.25. The van der Waals surface area contributed by atoms with Crippen molar-refractivity contribution < 1.29 is 9.50 Å². The summed E-state index contributed by atoms with van der Waals surface area (Å²) in [6, 6.07) is 5.33. The van der Waals surface area contributed by atoms with Gasteiger partial charge >= 0.3 is 0 Å². The summed E-state index contributed by atoms with van der Waals surface area (Å²) in [4.78, 5) is 2.24. The molecule has 94 valence electrons. The second kappa shape index (κ2) is 5.94. The van der Waals surface area contributed by atoms with Crippen LogP contribution in [0.2, 0.25) is 0 Å². The zero-order chi connectivity index (χ0) is 12.3. The molecule has 1 atom stereocenters. The van der Waals surface area contributed by atoms with Crippen LogP contribution in [0.15, 0.2) is 22.7 Å². The lowest BCUT2D eigenvalue weighted by molar-refractivity contribution is 0.0839. The molecular formula is C13H17BrFNO. The highest BCUT2D eigenvalue weighted by atomic mass is 79.9. The minimum Gasteiger partial charge on any atom is -0.395 e. The third-order valence-electron chi connectivity index (χ3n) is 3.36. The summed E-state index contributed by atoms with van der Waals surface area (Å²) in [5.74, 6) is -0.222. The molecule has 0 radical (unpaired) electrons. The standard InChI is InChI=1S/C13H17BrFNO/c14-13-10(4-3-6-12(13)15)8-16-7-2-1-5-11(16)9-17/h3-4,6,11,17H,1-2,5,7-9H2. The second-order valence-electron chi connectivity index (χ2n) is 4.52. The van der Waals surface area contributed by atoms with Gasteiger partial charge in [-0.1, -0.05) is 18.6 Å². The van der Waals surface area contributed by atoms with Gasteiger partial charge in [0.25, 0.3) is 0 Å². The van der Waals surface area contributed by atoms with Crippen LogP contribution in [0.3, 0.4) is 0 Å². The Morgan fingerprint density at radius 2 is 2.24 bits per heavy atom. The normalized spacial score (nSPS) is 21.7. The maximum absolute atomic E-state index is 13.4. The van der Waals surface area contributed by atoms with Crippen LogP contribution in [0.5, 0.6) is 0 Å². The first-order valence-electron chi connectivity index (χ1n) is 6.00. The van der Waals surface area contributed by atoms with Gasteiger partial charge in [-0.25, -0.2) is 4.39 Å². The van der Waals surface area contributed by atoms with Crippen LogP contribution in [0.4, 0.5) is 4.39 Å². The van der Waals surface area contributed by atoms with Crippen LogP contribution in [0.25, 0.3) is 0 Å². The average Bonchev–Trinajstić information content (AvgIpc) is 2.35. The van der Waals surface area contributed by atoms with Crippen LogP contribution >= 0.6 is 15.9 Å². The Bertz CT molecular complexity index is 386. The smallest absolute Gasteiger partial charge is 0.137 e. The Morgan fingerprint density at radius 1 is 1.41 bits per heavy atom. The number of piperidine rings is 1. The largest absolute Gasteiger partial charge is 0.395 e. The number of aliphatic hydroxyl groups is 1. The van der Waals surface area contributed by atoms with Gasteiger partial charge < -0.3 is 5.11 Å². The zero-order valence-electron chi connectivity index (χ0n) is 9.70. The van der Waals surface area contributed by atoms with E-state index >= 15 is 0 Å². The molecule has 17 heavy (non-hydrogen) atoms. The third kappa shape index (κ3) is 3.06. The fourth-order valence-corrected chi connectivity index (χ4v) is 2.75. The topological polar surface area (TPSA) is 23.5 Å². The number of rotatable bonds is 3. The molecule has 0 bridgehead atoms. The van der Waals surface area contributed by atoms with E-state index in [-0.39, 0.29) is 18.5 Å². The van der Waals surface area contributed by atoms with Crippen molar-refractivity contribution in [1.29, 1.82) is 0 Å². The van der Waals surface area contributed by atoms with E-state index in [4.69, 9.17) is 0 Å². The van der Waals surface area contributed by atoms with E-state index in [0.717, 1.165) is 24.9 Å². The monoisotopic (exact) mass is 301 g/mol. The average molecular weight is 302 g/mol. The van der Waals surface area contributed by atoms with Gasteiger partial charge in [0.15, 0.2) is 0 Å². The molecule has 2 rings (SSSR count). The van der Waals surface area contributed by atoms with Crippen molar-refractivity contribution in [2.45, 2.75) is 31.8 Å². The van der Waals surface area contributed by atoms with Crippen molar-refractivity contribution in [2.24, 2.45) is 0 Å². The van der Waals surface area contributed by atoms with Crippen LogP contribution in [0, 0.1) is 5.82 Å². The number of benzene rings is 1. The first-order chi connectivity index (χ1) is 8.22. The zero-order valence-corrected chi connectivity index (χ0v) is 11.3. The number of hydrogen-bond donors (Lipinski definition) is 1. The minimum atomic E-state index is -0.222. The predicted molar refractivity (Wildman–Crippen MR) is 69.2 cm³/mol. The summed E-state index contributed by atoms with van der Waals surface area (Å²) >= 11 is 3.28. The van der Waals surface area contributed by atoms with E-state index in [1.165, 1.54) is 12.5 Å². The van der Waals surface area contributed by atoms with E-state index in [0.29, 0.717) is 11.0 Å². The summed E-state index contributed by atoms with van der Waals surface area (Å²) in [7, 11) is 0. The number of nitrogens with zero attached hydrogens (tertiary/aromatic N) is 1. The van der Waals surface area contributed by atoms with Gasteiger partial charge in [-0.05, 0) is 46.9 Å². The van der Waals surface area contributed by atoms with Gasteiger partial charge in [-0.15, -0.1) is 0 Å². The van der Waals surface area contributed by atoms with Crippen molar-refractivity contribution in [3.05, 3.63) is 34.1 Å². The van der Waals surface area contributed by atoms with E-state index in [1.54, 1.807) is 6.07 Å². The van der Waals surface area contributed by atoms with Gasteiger partial charge in [-0.3, -0.25) is 4.90 Å². The molecule has 0 amide bonds. The lowest BCUT2D eigenvalue weighted by Crippen LogP contribution is -2.41. The van der Waals surface area contributed by atoms with E-state index in [2.05, 4.69) is 20.8 Å². The van der Waals surface area contributed by atoms with Crippen molar-refractivity contribution >= 4 is 15.9 Å². The van der Waals surface area contributed by atoms with E-state index < -0.39 is 0 Å². The van der Waals surface area contributed by atoms with Crippen molar-refractivity contribution in [3.63, 3.8) is 0 Å². The van der Waals surface area contributed by atoms with Crippen LogP contribution < -0.4 is 0 Å². The van der Waals surface area contributed by atoms with Crippen LogP contribution in [0.1, 0.15) is 24.8 Å². The summed E-state index contributed by atoms with van der Waals surface area (Å²) in [6.45, 7) is 1.87. The Labute approximate surface area is 110 Å². The molecule has 1 aromatic rings. The molecule has 1 aliphatic heterocycles. The number of halogens is 2. The summed E-state index contributed by atoms with van der Waals surface area (Å²) in [6.07, 6.45) is 3.36. The fourth-order valence-electron chi connectivity index (χ4n) is 2.36. The van der Waals surface area contributed by atoms with Crippen LogP contribution in [-0.2, 0) is 6.54 Å². The molecule has 0 aliphatic carbocycles. The Kier molecular flexibility index (Phi) is 4.54. The number of likely N-dealkylation sites (tertiary alicyclic amines) is 1. The second-order valence-corrected chi connectivity index (χ2v) is 5.31. The van der Waals surface area contributed by atoms with Gasteiger partial charge in [0, 0.05) is 12.6 Å². The van der Waals surface area contributed by atoms with Gasteiger partial charge in [0.2, 0.25) is 0 Å². The Morgan fingerprint density at radius 3 is 3.00 bits per heavy atom. The maximum Gasteiger partial charge on any atom is 0.137 e. The molecule has 1 aliphatic rings. The number of hydrogen-bond acceptors (Lipinski definition) is 2. The van der Waals surface area contributed by atoms with Crippen molar-refractivity contribution in [2.75, 3.05) is 13.2 Å². The highest BCUT2D eigenvalue weighted by molar-refractivity contribution is 9.10. The van der Waals surface area contributed by atoms with Gasteiger partial charge in [0.05, 0.1) is 11.1 Å². The predicted octanol–water partition coefficient (Wildman–Crippen LogP) is 2.94. The molecule has 0 spiro atoms. The minimum absolute atomic E-state index is 0.187. The quantitative estimate of drug-likeness (QED) is 0.928. The molecule has 4 heteroatoms. The third-order valence-corrected chi connectivity index (χ3v) is 4.25. The molecule has 0 aromatic heterocycles. The van der Waals surface area contributed by atoms with Crippen molar-refractivity contribution in [1.82, 2.24) is 4.90 Å². The molecule has 1 fully saturated rings. The lowest BCUT2D eigenvalue weighted by Gasteiger charge is -2.34. The highest BCUT2D eigenvalue weighted by Gasteiger charge is 2.22. The van der Waals surface area contributed by atoms with Crippen molar-refractivity contribution in [3.8, 4) is 0 Å². The molecule has 1 saturated heterocycles. The molecule has 1 N–H and O–H groups in total. The van der Waals surface area contributed by atoms with Gasteiger partial charge in [-0.2, -0.15) is 0 Å². The fraction of sp³-hybridized carbons (Fsp3) is 0.538. The Hall–Kier alpha value is -0.450. The maximum atomic E-state index is 13.4. The van der Waals surface area contributed by atoms with E-state index in [1.807, 2.05) is 6.07 Å². The number of aliphatic hydroxyl groups excluding tert-OH is 1. The summed E-state index contributed by atoms with van der Waals surface area (Å²) < 4.78 is 13.9. The molecule has 1 unspecified atom stereocenters. The lowest BCUT2D eigenvalue weighted by atomic mass is 10.0. The molecule has 1 aromatic carbocycles. The molecular weight excluding hydrogens is 285 g/mol. The molecule has 0 saturated carbocycles. The molecule has 2 nitrogen and oxygen atoms in total. The van der Waals surface area contributed by atoms with Crippen LogP contribution in [-0.4, -0.2) is 29.2 Å². The summed E-state index contributed by atoms with van der Waals surface area (Å²) in [5.41, 5.74) is 0.949. The van der Waals surface area contributed by atoms with Gasteiger partial charge in [0.1, 0.15) is 5.82 Å².